The van der Waals surface area contributed by atoms with Crippen molar-refractivity contribution in [3.63, 3.8) is 0 Å². The summed E-state index contributed by atoms with van der Waals surface area (Å²) in [4.78, 5) is 24.5. The van der Waals surface area contributed by atoms with Crippen LogP contribution in [0.4, 0.5) is 4.79 Å². The monoisotopic (exact) mass is 365 g/mol. The van der Waals surface area contributed by atoms with E-state index in [0.717, 1.165) is 16.9 Å². The number of amides is 3. The van der Waals surface area contributed by atoms with Crippen LogP contribution in [0.15, 0.2) is 41.8 Å². The number of nitrogens with two attached hydrogens (primary N) is 1. The number of rotatable bonds is 7. The molecule has 2 unspecified atom stereocenters. The van der Waals surface area contributed by atoms with E-state index in [9.17, 15) is 9.59 Å². The second-order valence-corrected chi connectivity index (χ2v) is 6.78. The second kappa shape index (κ2) is 8.70. The highest BCUT2D eigenvalue weighted by Crippen LogP contribution is 2.24. The van der Waals surface area contributed by atoms with Crippen LogP contribution in [-0.4, -0.2) is 11.9 Å². The van der Waals surface area contributed by atoms with Gasteiger partial charge in [-0.2, -0.15) is 0 Å². The largest absolute Gasteiger partial charge is 0.352 e. The number of nitrogens with one attached hydrogen (secondary N) is 2. The molecule has 0 aliphatic rings. The van der Waals surface area contributed by atoms with Gasteiger partial charge in [-0.05, 0) is 35.6 Å². The average Bonchev–Trinajstić information content (AvgIpc) is 3.06. The van der Waals surface area contributed by atoms with E-state index in [4.69, 9.17) is 17.3 Å². The van der Waals surface area contributed by atoms with E-state index in [1.54, 1.807) is 6.07 Å². The Kier molecular flexibility index (Phi) is 6.63. The maximum Gasteiger partial charge on any atom is 0.312 e. The number of thiophene rings is 1. The Bertz CT molecular complexity index is 691. The number of urea groups is 1. The molecule has 0 saturated heterocycles. The Balaban J connectivity index is 2.05. The summed E-state index contributed by atoms with van der Waals surface area (Å²) in [7, 11) is 0. The standard InChI is InChI=1S/C17H20ClN3O2S/c1-2-13(11-5-3-6-12(18)9-11)20-16(22)10-14(21-17(19)23)15-7-4-8-24-15/h3-9,13-14H,2,10H2,1H3,(H,20,22)(H3,19,21,23). The molecule has 2 atom stereocenters. The first kappa shape index (κ1) is 18.3. The third kappa shape index (κ3) is 5.25. The predicted molar refractivity (Wildman–Crippen MR) is 97.0 cm³/mol. The van der Waals surface area contributed by atoms with E-state index in [0.29, 0.717) is 5.02 Å². The van der Waals surface area contributed by atoms with Crippen LogP contribution in [0.2, 0.25) is 5.02 Å². The van der Waals surface area contributed by atoms with Gasteiger partial charge in [0.25, 0.3) is 0 Å². The molecule has 2 aromatic rings. The van der Waals surface area contributed by atoms with Gasteiger partial charge in [0.15, 0.2) is 0 Å². The lowest BCUT2D eigenvalue weighted by Gasteiger charge is -2.20. The van der Waals surface area contributed by atoms with Crippen LogP contribution in [0, 0.1) is 0 Å². The van der Waals surface area contributed by atoms with Crippen molar-refractivity contribution < 1.29 is 9.59 Å². The molecule has 5 nitrogen and oxygen atoms in total. The van der Waals surface area contributed by atoms with Gasteiger partial charge in [-0.1, -0.05) is 36.7 Å². The molecule has 0 bridgehead atoms. The van der Waals surface area contributed by atoms with E-state index >= 15 is 0 Å². The molecule has 0 aliphatic heterocycles. The zero-order valence-electron chi connectivity index (χ0n) is 13.3. The third-order valence-electron chi connectivity index (χ3n) is 3.59. The molecule has 128 valence electrons. The van der Waals surface area contributed by atoms with Crippen LogP contribution < -0.4 is 16.4 Å². The Labute approximate surface area is 150 Å². The summed E-state index contributed by atoms with van der Waals surface area (Å²) in [5.74, 6) is -0.158. The van der Waals surface area contributed by atoms with E-state index in [1.165, 1.54) is 11.3 Å². The highest BCUT2D eigenvalue weighted by atomic mass is 35.5. The van der Waals surface area contributed by atoms with Crippen molar-refractivity contribution in [1.82, 2.24) is 10.6 Å². The highest BCUT2D eigenvalue weighted by molar-refractivity contribution is 7.10. The van der Waals surface area contributed by atoms with E-state index in [-0.39, 0.29) is 18.4 Å². The molecule has 1 heterocycles. The Morgan fingerprint density at radius 2 is 2.00 bits per heavy atom. The van der Waals surface area contributed by atoms with Crippen LogP contribution in [0.1, 0.15) is 42.3 Å². The molecular weight excluding hydrogens is 346 g/mol. The molecular formula is C17H20ClN3O2S. The fourth-order valence-corrected chi connectivity index (χ4v) is 3.44. The van der Waals surface area contributed by atoms with Crippen molar-refractivity contribution in [1.29, 1.82) is 0 Å². The lowest BCUT2D eigenvalue weighted by atomic mass is 10.0. The van der Waals surface area contributed by atoms with Crippen LogP contribution >= 0.6 is 22.9 Å². The molecule has 0 aliphatic carbocycles. The zero-order valence-corrected chi connectivity index (χ0v) is 14.9. The van der Waals surface area contributed by atoms with Crippen molar-refractivity contribution in [3.05, 3.63) is 57.2 Å². The maximum atomic E-state index is 12.4. The molecule has 1 aromatic heterocycles. The number of carbonyl (C=O) groups excluding carboxylic acids is 2. The SMILES string of the molecule is CCC(NC(=O)CC(NC(N)=O)c1cccs1)c1cccc(Cl)c1. The van der Waals surface area contributed by atoms with Crippen LogP contribution in [0.3, 0.4) is 0 Å². The zero-order chi connectivity index (χ0) is 17.5. The summed E-state index contributed by atoms with van der Waals surface area (Å²) in [6.07, 6.45) is 0.861. The number of primary amides is 1. The summed E-state index contributed by atoms with van der Waals surface area (Å²) < 4.78 is 0. The molecule has 3 amide bonds. The van der Waals surface area contributed by atoms with Gasteiger partial charge in [0.2, 0.25) is 5.91 Å². The number of hydrogen-bond acceptors (Lipinski definition) is 3. The minimum absolute atomic E-state index is 0.126. The maximum absolute atomic E-state index is 12.4. The molecule has 0 radical (unpaired) electrons. The fourth-order valence-electron chi connectivity index (χ4n) is 2.47. The predicted octanol–water partition coefficient (Wildman–Crippen LogP) is 3.77. The Morgan fingerprint density at radius 1 is 1.21 bits per heavy atom. The van der Waals surface area contributed by atoms with Gasteiger partial charge < -0.3 is 16.4 Å². The van der Waals surface area contributed by atoms with Crippen molar-refractivity contribution in [2.45, 2.75) is 31.8 Å². The fraction of sp³-hybridized carbons (Fsp3) is 0.294. The lowest BCUT2D eigenvalue weighted by Crippen LogP contribution is -2.37. The Hall–Kier alpha value is -2.05. The number of hydrogen-bond donors (Lipinski definition) is 3. The topological polar surface area (TPSA) is 84.2 Å². The second-order valence-electron chi connectivity index (χ2n) is 5.36. The van der Waals surface area contributed by atoms with Crippen molar-refractivity contribution in [2.24, 2.45) is 5.73 Å². The molecule has 2 rings (SSSR count). The smallest absolute Gasteiger partial charge is 0.312 e. The summed E-state index contributed by atoms with van der Waals surface area (Å²) in [5, 5.41) is 8.14. The van der Waals surface area contributed by atoms with Crippen molar-refractivity contribution in [3.8, 4) is 0 Å². The molecule has 1 aromatic carbocycles. The normalized spacial score (nSPS) is 13.1. The number of halogens is 1. The van der Waals surface area contributed by atoms with Gasteiger partial charge in [0.1, 0.15) is 0 Å². The molecule has 7 heteroatoms. The molecule has 0 fully saturated rings. The van der Waals surface area contributed by atoms with Gasteiger partial charge in [0, 0.05) is 9.90 Å². The van der Waals surface area contributed by atoms with Crippen LogP contribution in [-0.2, 0) is 4.79 Å². The van der Waals surface area contributed by atoms with Gasteiger partial charge in [-0.3, -0.25) is 4.79 Å². The molecule has 4 N–H and O–H groups in total. The minimum Gasteiger partial charge on any atom is -0.352 e. The molecule has 0 spiro atoms. The van der Waals surface area contributed by atoms with Crippen LogP contribution in [0.25, 0.3) is 0 Å². The minimum atomic E-state index is -0.650. The van der Waals surface area contributed by atoms with Crippen LogP contribution in [0.5, 0.6) is 0 Å². The van der Waals surface area contributed by atoms with Gasteiger partial charge in [-0.25, -0.2) is 4.79 Å². The van der Waals surface area contributed by atoms with E-state index in [1.807, 2.05) is 42.6 Å². The van der Waals surface area contributed by atoms with Gasteiger partial charge >= 0.3 is 6.03 Å². The van der Waals surface area contributed by atoms with E-state index in [2.05, 4.69) is 10.6 Å². The first-order valence-corrected chi connectivity index (χ1v) is 8.89. The summed E-state index contributed by atoms with van der Waals surface area (Å²) >= 11 is 7.49. The molecule has 0 saturated carbocycles. The Morgan fingerprint density at radius 3 is 2.58 bits per heavy atom. The van der Waals surface area contributed by atoms with Gasteiger partial charge in [0.05, 0.1) is 18.5 Å². The average molecular weight is 366 g/mol. The quantitative estimate of drug-likeness (QED) is 0.697. The number of carbonyl (C=O) groups is 2. The summed E-state index contributed by atoms with van der Waals surface area (Å²) in [6.45, 7) is 1.99. The van der Waals surface area contributed by atoms with E-state index < -0.39 is 12.1 Å². The number of benzene rings is 1. The first-order chi connectivity index (χ1) is 11.5. The summed E-state index contributed by atoms with van der Waals surface area (Å²) in [5.41, 5.74) is 6.17. The first-order valence-electron chi connectivity index (χ1n) is 7.63. The lowest BCUT2D eigenvalue weighted by molar-refractivity contribution is -0.122. The van der Waals surface area contributed by atoms with Crippen molar-refractivity contribution >= 4 is 34.9 Å². The van der Waals surface area contributed by atoms with Crippen molar-refractivity contribution in [2.75, 3.05) is 0 Å². The summed E-state index contributed by atoms with van der Waals surface area (Å²) in [6, 6.07) is 9.95. The third-order valence-corrected chi connectivity index (χ3v) is 4.81. The van der Waals surface area contributed by atoms with Gasteiger partial charge in [-0.15, -0.1) is 11.3 Å². The molecule has 24 heavy (non-hydrogen) atoms. The highest BCUT2D eigenvalue weighted by Gasteiger charge is 2.20.